The predicted octanol–water partition coefficient (Wildman–Crippen LogP) is 5.36. The molecule has 214 valence electrons. The fraction of sp³-hybridized carbons (Fsp3) is 0.355. The van der Waals surface area contributed by atoms with Gasteiger partial charge in [0.1, 0.15) is 18.4 Å². The molecule has 0 aliphatic carbocycles. The summed E-state index contributed by atoms with van der Waals surface area (Å²) in [6.07, 6.45) is 1.02. The Bertz CT molecular complexity index is 1430. The average molecular weight is 568 g/mol. The van der Waals surface area contributed by atoms with Gasteiger partial charge in [0.05, 0.1) is 10.6 Å². The lowest BCUT2D eigenvalue weighted by Crippen LogP contribution is -2.53. The summed E-state index contributed by atoms with van der Waals surface area (Å²) < 4.78 is 43.5. The lowest BCUT2D eigenvalue weighted by molar-refractivity contribution is -0.140. The highest BCUT2D eigenvalue weighted by atomic mass is 32.2. The van der Waals surface area contributed by atoms with E-state index in [1.165, 1.54) is 35.2 Å². The molecule has 0 radical (unpaired) electrons. The standard InChI is InChI=1S/C31H38FN3O4S/c1-6-24(5)33-31(37)28(7-2)34(20-25-12-10-11-23(4)19-25)30(36)21-35(29-14-9-8-13-27(29)32)40(38,39)26-17-15-22(3)16-18-26/h8-19,24,28H,6-7,20-21H2,1-5H3,(H,33,37)/t24-,28-/m0/s1. The Morgan fingerprint density at radius 3 is 2.17 bits per heavy atom. The third-order valence-corrected chi connectivity index (χ3v) is 8.61. The van der Waals surface area contributed by atoms with Crippen molar-refractivity contribution in [2.24, 2.45) is 0 Å². The van der Waals surface area contributed by atoms with Crippen molar-refractivity contribution in [3.8, 4) is 0 Å². The minimum absolute atomic E-state index is 0.0686. The van der Waals surface area contributed by atoms with Gasteiger partial charge in [0, 0.05) is 12.6 Å². The van der Waals surface area contributed by atoms with Crippen LogP contribution in [0.15, 0.2) is 77.7 Å². The van der Waals surface area contributed by atoms with Gasteiger partial charge in [0.2, 0.25) is 11.8 Å². The van der Waals surface area contributed by atoms with Crippen molar-refractivity contribution in [2.45, 2.75) is 71.0 Å². The predicted molar refractivity (Wildman–Crippen MR) is 156 cm³/mol. The highest BCUT2D eigenvalue weighted by Crippen LogP contribution is 2.27. The molecule has 0 saturated heterocycles. The zero-order valence-corrected chi connectivity index (χ0v) is 24.5. The molecule has 7 nitrogen and oxygen atoms in total. The Labute approximate surface area is 237 Å². The fourth-order valence-corrected chi connectivity index (χ4v) is 5.79. The van der Waals surface area contributed by atoms with E-state index in [4.69, 9.17) is 0 Å². The van der Waals surface area contributed by atoms with Crippen LogP contribution in [0.4, 0.5) is 10.1 Å². The number of halogens is 1. The summed E-state index contributed by atoms with van der Waals surface area (Å²) in [6, 6.07) is 18.2. The second-order valence-electron chi connectivity index (χ2n) is 10.0. The van der Waals surface area contributed by atoms with Crippen LogP contribution in [-0.2, 0) is 26.2 Å². The first-order valence-corrected chi connectivity index (χ1v) is 14.9. The number of carbonyl (C=O) groups excluding carboxylic acids is 2. The largest absolute Gasteiger partial charge is 0.352 e. The molecule has 0 aliphatic rings. The Hall–Kier alpha value is -3.72. The third kappa shape index (κ3) is 7.47. The Morgan fingerprint density at radius 2 is 1.57 bits per heavy atom. The van der Waals surface area contributed by atoms with Crippen LogP contribution < -0.4 is 9.62 Å². The molecular formula is C31H38FN3O4S. The molecule has 0 unspecified atom stereocenters. The molecule has 3 aromatic rings. The van der Waals surface area contributed by atoms with E-state index in [0.29, 0.717) is 12.8 Å². The van der Waals surface area contributed by atoms with Crippen LogP contribution in [0.25, 0.3) is 0 Å². The van der Waals surface area contributed by atoms with Gasteiger partial charge in [0.15, 0.2) is 0 Å². The van der Waals surface area contributed by atoms with Crippen molar-refractivity contribution in [2.75, 3.05) is 10.8 Å². The third-order valence-electron chi connectivity index (χ3n) is 6.83. The zero-order chi connectivity index (χ0) is 29.4. The molecule has 9 heteroatoms. The summed E-state index contributed by atoms with van der Waals surface area (Å²) in [4.78, 5) is 28.7. The second kappa shape index (κ2) is 13.6. The first-order chi connectivity index (χ1) is 19.0. The summed E-state index contributed by atoms with van der Waals surface area (Å²) in [6.45, 7) is 8.78. The maximum absolute atomic E-state index is 15.0. The smallest absolute Gasteiger partial charge is 0.264 e. The lowest BCUT2D eigenvalue weighted by atomic mass is 10.1. The molecule has 0 spiro atoms. The molecule has 2 atom stereocenters. The van der Waals surface area contributed by atoms with Crippen molar-refractivity contribution < 1.29 is 22.4 Å². The van der Waals surface area contributed by atoms with Crippen LogP contribution in [-0.4, -0.2) is 43.8 Å². The van der Waals surface area contributed by atoms with Gasteiger partial charge in [-0.15, -0.1) is 0 Å². The highest BCUT2D eigenvalue weighted by Gasteiger charge is 2.34. The number of hydrogen-bond acceptors (Lipinski definition) is 4. The maximum Gasteiger partial charge on any atom is 0.264 e. The molecule has 2 amide bonds. The molecule has 0 aromatic heterocycles. The van der Waals surface area contributed by atoms with Crippen molar-refractivity contribution in [1.82, 2.24) is 10.2 Å². The van der Waals surface area contributed by atoms with Crippen LogP contribution in [0, 0.1) is 19.7 Å². The highest BCUT2D eigenvalue weighted by molar-refractivity contribution is 7.92. The molecule has 40 heavy (non-hydrogen) atoms. The average Bonchev–Trinajstić information content (AvgIpc) is 2.92. The van der Waals surface area contributed by atoms with Gasteiger partial charge in [-0.05, 0) is 63.4 Å². The Balaban J connectivity index is 2.07. The minimum atomic E-state index is -4.33. The fourth-order valence-electron chi connectivity index (χ4n) is 4.37. The number of benzene rings is 3. The SMILES string of the molecule is CC[C@H](C)NC(=O)[C@H](CC)N(Cc1cccc(C)c1)C(=O)CN(c1ccccc1F)S(=O)(=O)c1ccc(C)cc1. The summed E-state index contributed by atoms with van der Waals surface area (Å²) in [7, 11) is -4.33. The van der Waals surface area contributed by atoms with Crippen LogP contribution >= 0.6 is 0 Å². The summed E-state index contributed by atoms with van der Waals surface area (Å²) in [5.41, 5.74) is 2.39. The van der Waals surface area contributed by atoms with Gasteiger partial charge in [-0.3, -0.25) is 13.9 Å². The number of hydrogen-bond donors (Lipinski definition) is 1. The van der Waals surface area contributed by atoms with Gasteiger partial charge in [-0.25, -0.2) is 12.8 Å². The molecule has 0 saturated carbocycles. The second-order valence-corrected chi connectivity index (χ2v) is 11.9. The topological polar surface area (TPSA) is 86.8 Å². The molecule has 0 fully saturated rings. The van der Waals surface area contributed by atoms with Crippen LogP contribution in [0.5, 0.6) is 0 Å². The quantitative estimate of drug-likeness (QED) is 0.319. The molecule has 1 N–H and O–H groups in total. The van der Waals surface area contributed by atoms with Crippen LogP contribution in [0.2, 0.25) is 0 Å². The van der Waals surface area contributed by atoms with Crippen molar-refractivity contribution in [1.29, 1.82) is 0 Å². The van der Waals surface area contributed by atoms with Gasteiger partial charge in [-0.2, -0.15) is 0 Å². The normalized spacial score (nSPS) is 12.8. The summed E-state index contributed by atoms with van der Waals surface area (Å²) in [5, 5.41) is 2.94. The molecule has 0 bridgehead atoms. The molecule has 0 heterocycles. The van der Waals surface area contributed by atoms with Crippen molar-refractivity contribution >= 4 is 27.5 Å². The van der Waals surface area contributed by atoms with Gasteiger partial charge >= 0.3 is 0 Å². The molecule has 3 aromatic carbocycles. The molecule has 0 aliphatic heterocycles. The number of nitrogens with zero attached hydrogens (tertiary/aromatic N) is 2. The van der Waals surface area contributed by atoms with E-state index < -0.39 is 34.3 Å². The maximum atomic E-state index is 15.0. The number of anilines is 1. The van der Waals surface area contributed by atoms with E-state index in [0.717, 1.165) is 27.1 Å². The van der Waals surface area contributed by atoms with Crippen molar-refractivity contribution in [3.05, 3.63) is 95.3 Å². The number of aryl methyl sites for hydroxylation is 2. The number of carbonyl (C=O) groups is 2. The summed E-state index contributed by atoms with van der Waals surface area (Å²) in [5.74, 6) is -1.72. The first kappa shape index (κ1) is 30.8. The van der Waals surface area contributed by atoms with Gasteiger partial charge in [-0.1, -0.05) is 73.5 Å². The van der Waals surface area contributed by atoms with Crippen LogP contribution in [0.1, 0.15) is 50.3 Å². The van der Waals surface area contributed by atoms with E-state index in [2.05, 4.69) is 5.32 Å². The lowest BCUT2D eigenvalue weighted by Gasteiger charge is -2.33. The van der Waals surface area contributed by atoms with Crippen molar-refractivity contribution in [3.63, 3.8) is 0 Å². The van der Waals surface area contributed by atoms with Crippen LogP contribution in [0.3, 0.4) is 0 Å². The monoisotopic (exact) mass is 567 g/mol. The van der Waals surface area contributed by atoms with E-state index in [-0.39, 0.29) is 29.1 Å². The first-order valence-electron chi connectivity index (χ1n) is 13.5. The number of nitrogens with one attached hydrogen (secondary N) is 1. The number of rotatable bonds is 12. The Morgan fingerprint density at radius 1 is 0.900 bits per heavy atom. The van der Waals surface area contributed by atoms with E-state index in [1.807, 2.05) is 52.0 Å². The number of amides is 2. The molecular weight excluding hydrogens is 529 g/mol. The number of sulfonamides is 1. The van der Waals surface area contributed by atoms with Gasteiger partial charge < -0.3 is 10.2 Å². The van der Waals surface area contributed by atoms with E-state index >= 15 is 4.39 Å². The van der Waals surface area contributed by atoms with Gasteiger partial charge in [0.25, 0.3) is 10.0 Å². The Kier molecular flexibility index (Phi) is 10.5. The van der Waals surface area contributed by atoms with E-state index in [1.54, 1.807) is 19.1 Å². The minimum Gasteiger partial charge on any atom is -0.352 e. The zero-order valence-electron chi connectivity index (χ0n) is 23.7. The van der Waals surface area contributed by atoms with E-state index in [9.17, 15) is 18.0 Å². The summed E-state index contributed by atoms with van der Waals surface area (Å²) >= 11 is 0. The number of para-hydroxylation sites is 1. The molecule has 3 rings (SSSR count).